The Morgan fingerprint density at radius 3 is 2.85 bits per heavy atom. The molecule has 0 saturated carbocycles. The zero-order chi connectivity index (χ0) is 28.2. The van der Waals surface area contributed by atoms with E-state index in [9.17, 15) is 18.9 Å². The third-order valence-corrected chi connectivity index (χ3v) is 8.01. The second-order valence-electron chi connectivity index (χ2n) is 8.86. The van der Waals surface area contributed by atoms with E-state index in [1.54, 1.807) is 6.20 Å². The molecule has 1 fully saturated rings. The fraction of sp³-hybridized carbons (Fsp3) is 0.435. The largest absolute Gasteiger partial charge is 0.468 e. The second kappa shape index (κ2) is 12.0. The van der Waals surface area contributed by atoms with E-state index in [1.807, 2.05) is 24.3 Å². The smallest absolute Gasteiger partial charge is 0.406 e. The van der Waals surface area contributed by atoms with Crippen LogP contribution in [0.3, 0.4) is 0 Å². The number of esters is 1. The molecule has 5 atom stereocenters. The molecule has 2 aromatic heterocycles. The number of aromatic amines is 2. The van der Waals surface area contributed by atoms with Gasteiger partial charge in [0.1, 0.15) is 12.3 Å². The maximum absolute atomic E-state index is 13.5. The molecule has 0 radical (unpaired) electrons. The molecule has 39 heavy (non-hydrogen) atoms. The number of azide groups is 1. The number of aromatic nitrogens is 3. The first-order valence-electron chi connectivity index (χ1n) is 11.9. The van der Waals surface area contributed by atoms with Crippen molar-refractivity contribution >= 4 is 24.6 Å². The summed E-state index contributed by atoms with van der Waals surface area (Å²) in [4.78, 5) is 44.8. The van der Waals surface area contributed by atoms with Crippen molar-refractivity contribution < 1.29 is 27.9 Å². The van der Waals surface area contributed by atoms with Crippen molar-refractivity contribution in [1.29, 1.82) is 0 Å². The highest BCUT2D eigenvalue weighted by molar-refractivity contribution is 7.51. The third-order valence-electron chi connectivity index (χ3n) is 6.41. The van der Waals surface area contributed by atoms with Crippen LogP contribution in [0.1, 0.15) is 23.8 Å². The van der Waals surface area contributed by atoms with E-state index in [0.29, 0.717) is 0 Å². The van der Waals surface area contributed by atoms with E-state index in [2.05, 4.69) is 25.1 Å². The topological polar surface area (TPSA) is 202 Å². The fourth-order valence-corrected chi connectivity index (χ4v) is 5.58. The van der Waals surface area contributed by atoms with Gasteiger partial charge in [0, 0.05) is 53.7 Å². The maximum Gasteiger partial charge on any atom is 0.406 e. The van der Waals surface area contributed by atoms with E-state index in [1.165, 1.54) is 24.8 Å². The van der Waals surface area contributed by atoms with E-state index < -0.39 is 49.4 Å². The van der Waals surface area contributed by atoms with Crippen LogP contribution in [0.25, 0.3) is 21.3 Å². The molecule has 1 aliphatic heterocycles. The fourth-order valence-electron chi connectivity index (χ4n) is 4.37. The van der Waals surface area contributed by atoms with Gasteiger partial charge in [0.25, 0.3) is 5.56 Å². The van der Waals surface area contributed by atoms with Crippen molar-refractivity contribution in [3.05, 3.63) is 79.1 Å². The minimum atomic E-state index is -4.11. The molecule has 0 aliphatic carbocycles. The molecule has 3 aromatic rings. The summed E-state index contributed by atoms with van der Waals surface area (Å²) in [5.74, 6) is -0.682. The molecule has 1 saturated heterocycles. The lowest BCUT2D eigenvalue weighted by atomic mass is 10.1. The molecule has 15 nitrogen and oxygen atoms in total. The highest BCUT2D eigenvalue weighted by Crippen LogP contribution is 2.45. The number of hydrogen-bond acceptors (Lipinski definition) is 9. The highest BCUT2D eigenvalue weighted by Gasteiger charge is 2.39. The first kappa shape index (κ1) is 28.3. The predicted octanol–water partition coefficient (Wildman–Crippen LogP) is 2.44. The molecule has 0 spiro atoms. The molecule has 2 unspecified atom stereocenters. The predicted molar refractivity (Wildman–Crippen MR) is 139 cm³/mol. The monoisotopic (exact) mass is 561 g/mol. The number of nitrogens with zero attached hydrogens (tertiary/aromatic N) is 4. The number of nitrogens with one attached hydrogen (secondary N) is 3. The van der Waals surface area contributed by atoms with Gasteiger partial charge in [-0.2, -0.15) is 0 Å². The van der Waals surface area contributed by atoms with Gasteiger partial charge in [-0.15, -0.1) is 0 Å². The van der Waals surface area contributed by atoms with Crippen molar-refractivity contribution in [1.82, 2.24) is 19.6 Å². The summed E-state index contributed by atoms with van der Waals surface area (Å²) in [6.07, 6.45) is 1.51. The number of rotatable bonds is 11. The van der Waals surface area contributed by atoms with Crippen LogP contribution in [0, 0.1) is 6.92 Å². The molecule has 208 valence electrons. The van der Waals surface area contributed by atoms with Gasteiger partial charge in [0.05, 0.1) is 25.9 Å². The summed E-state index contributed by atoms with van der Waals surface area (Å²) in [5, 5.41) is 7.24. The van der Waals surface area contributed by atoms with Gasteiger partial charge in [0.2, 0.25) is 0 Å². The SMILES string of the molecule is COC(=O)C(Cc1c[nH]c2ccccc12)NP(=O)(OC)OC[C@H]1O[C@@H](n2cc(C)c(=O)[nH]c2=O)C[C@@H]1N=[N+]=[N-]. The Labute approximate surface area is 221 Å². The van der Waals surface area contributed by atoms with E-state index in [-0.39, 0.29) is 25.0 Å². The summed E-state index contributed by atoms with van der Waals surface area (Å²) in [7, 11) is -1.74. The van der Waals surface area contributed by atoms with Crippen LogP contribution in [0.15, 0.2) is 51.4 Å². The first-order chi connectivity index (χ1) is 18.7. The van der Waals surface area contributed by atoms with Crippen LogP contribution >= 0.6 is 7.75 Å². The van der Waals surface area contributed by atoms with Gasteiger partial charge in [0.15, 0.2) is 0 Å². The number of para-hydroxylation sites is 1. The van der Waals surface area contributed by atoms with Crippen molar-refractivity contribution in [3.8, 4) is 0 Å². The lowest BCUT2D eigenvalue weighted by Gasteiger charge is -2.24. The molecule has 0 amide bonds. The van der Waals surface area contributed by atoms with Crippen LogP contribution in [0.4, 0.5) is 0 Å². The Bertz CT molecular complexity index is 1560. The Morgan fingerprint density at radius 1 is 1.36 bits per heavy atom. The van der Waals surface area contributed by atoms with E-state index in [0.717, 1.165) is 23.6 Å². The number of methoxy groups -OCH3 is 1. The lowest BCUT2D eigenvalue weighted by Crippen LogP contribution is -2.39. The molecule has 1 aliphatic rings. The Hall–Kier alpha value is -3.71. The van der Waals surface area contributed by atoms with Gasteiger partial charge in [-0.25, -0.2) is 14.4 Å². The van der Waals surface area contributed by atoms with E-state index in [4.69, 9.17) is 24.1 Å². The number of ether oxygens (including phenoxy) is 2. The molecule has 3 N–H and O–H groups in total. The third kappa shape index (κ3) is 6.31. The zero-order valence-corrected chi connectivity index (χ0v) is 22.3. The Balaban J connectivity index is 1.50. The summed E-state index contributed by atoms with van der Waals surface area (Å²) in [6, 6.07) is 5.64. The normalized spacial score (nSPS) is 21.3. The first-order valence-corrected chi connectivity index (χ1v) is 13.4. The number of carbonyl (C=O) groups excluding carboxylic acids is 1. The van der Waals surface area contributed by atoms with Crippen LogP contribution in [-0.2, 0) is 34.3 Å². The summed E-state index contributed by atoms with van der Waals surface area (Å²) in [6.45, 7) is 1.17. The van der Waals surface area contributed by atoms with Gasteiger partial charge >= 0.3 is 19.4 Å². The number of aryl methyl sites for hydroxylation is 1. The minimum absolute atomic E-state index is 0.0968. The summed E-state index contributed by atoms with van der Waals surface area (Å²) < 4.78 is 36.2. The molecule has 3 heterocycles. The van der Waals surface area contributed by atoms with Crippen molar-refractivity contribution in [2.75, 3.05) is 20.8 Å². The van der Waals surface area contributed by atoms with Gasteiger partial charge < -0.3 is 19.0 Å². The van der Waals surface area contributed by atoms with Crippen LogP contribution in [-0.4, -0.2) is 59.5 Å². The Morgan fingerprint density at radius 2 is 2.13 bits per heavy atom. The average Bonchev–Trinajstić information content (AvgIpc) is 3.53. The van der Waals surface area contributed by atoms with Crippen LogP contribution in [0.5, 0.6) is 0 Å². The minimum Gasteiger partial charge on any atom is -0.468 e. The van der Waals surface area contributed by atoms with Gasteiger partial charge in [-0.3, -0.25) is 23.7 Å². The number of fused-ring (bicyclic) bond motifs is 1. The molecule has 4 rings (SSSR count). The molecule has 16 heteroatoms. The maximum atomic E-state index is 13.5. The molecule has 1 aromatic carbocycles. The van der Waals surface area contributed by atoms with Crippen LogP contribution < -0.4 is 16.3 Å². The molecular formula is C23H28N7O8P. The molecular weight excluding hydrogens is 533 g/mol. The highest BCUT2D eigenvalue weighted by atomic mass is 31.2. The summed E-state index contributed by atoms with van der Waals surface area (Å²) >= 11 is 0. The van der Waals surface area contributed by atoms with Crippen molar-refractivity contribution in [2.45, 2.75) is 44.2 Å². The standard InChI is InChI=1S/C23H28N7O8P/c1-13-11-30(23(33)26-21(13)31)20-9-17(27-29-24)19(38-20)12-37-39(34,36-3)28-18(22(32)35-2)8-14-10-25-16-7-5-4-6-15(14)16/h4-7,10-11,17-20,25H,8-9,12H2,1-3H3,(H,28,34)(H,26,31,33)/t17-,18?,19+,20+,39?/m0/s1. The number of benzene rings is 1. The summed E-state index contributed by atoms with van der Waals surface area (Å²) in [5.41, 5.74) is 9.73. The van der Waals surface area contributed by atoms with Crippen molar-refractivity contribution in [2.24, 2.45) is 5.11 Å². The van der Waals surface area contributed by atoms with Crippen molar-refractivity contribution in [3.63, 3.8) is 0 Å². The van der Waals surface area contributed by atoms with E-state index >= 15 is 0 Å². The van der Waals surface area contributed by atoms with Gasteiger partial charge in [-0.1, -0.05) is 23.3 Å². The molecule has 0 bridgehead atoms. The number of H-pyrrole nitrogens is 2. The number of hydrogen-bond donors (Lipinski definition) is 3. The van der Waals surface area contributed by atoms with Gasteiger partial charge in [-0.05, 0) is 24.1 Å². The zero-order valence-electron chi connectivity index (χ0n) is 21.4. The quantitative estimate of drug-likeness (QED) is 0.103. The van der Waals surface area contributed by atoms with Crippen LogP contribution in [0.2, 0.25) is 0 Å². The average molecular weight is 561 g/mol. The Kier molecular flexibility index (Phi) is 8.70. The number of carbonyl (C=O) groups is 1. The lowest BCUT2D eigenvalue weighted by molar-refractivity contribution is -0.142. The second-order valence-corrected chi connectivity index (χ2v) is 10.7.